The van der Waals surface area contributed by atoms with E-state index >= 15 is 0 Å². The van der Waals surface area contributed by atoms with Crippen LogP contribution in [-0.4, -0.2) is 9.97 Å². The van der Waals surface area contributed by atoms with Gasteiger partial charge in [-0.15, -0.1) is 0 Å². The molecule has 0 spiro atoms. The Hall–Kier alpha value is -1.64. The first-order valence-corrected chi connectivity index (χ1v) is 5.09. The molecule has 0 aliphatic heterocycles. The third kappa shape index (κ3) is 1.65. The number of rotatable bonds is 1. The lowest BCUT2D eigenvalue weighted by molar-refractivity contribution is 0.776. The molecular weight excluding hydrogens is 188 g/mol. The van der Waals surface area contributed by atoms with Crippen LogP contribution in [0.2, 0.25) is 0 Å². The predicted octanol–water partition coefficient (Wildman–Crippen LogP) is 2.35. The number of hydrogen-bond donors (Lipinski definition) is 1. The summed E-state index contributed by atoms with van der Waals surface area (Å²) in [4.78, 5) is 19.1. The van der Waals surface area contributed by atoms with Gasteiger partial charge in [0.25, 0.3) is 5.56 Å². The van der Waals surface area contributed by atoms with Gasteiger partial charge in [-0.1, -0.05) is 26.0 Å². The van der Waals surface area contributed by atoms with Crippen LogP contribution in [0.3, 0.4) is 0 Å². The van der Waals surface area contributed by atoms with Gasteiger partial charge in [-0.25, -0.2) is 4.98 Å². The smallest absolute Gasteiger partial charge is 0.259 e. The number of aromatic amines is 1. The van der Waals surface area contributed by atoms with Gasteiger partial charge in [0.05, 0.1) is 10.9 Å². The molecule has 0 radical (unpaired) electrons. The normalized spacial score (nSPS) is 11.2. The van der Waals surface area contributed by atoms with Crippen LogP contribution >= 0.6 is 0 Å². The Bertz CT molecular complexity index is 555. The molecule has 2 rings (SSSR count). The van der Waals surface area contributed by atoms with E-state index in [1.54, 1.807) is 0 Å². The minimum atomic E-state index is -0.0400. The van der Waals surface area contributed by atoms with Gasteiger partial charge in [0, 0.05) is 5.92 Å². The van der Waals surface area contributed by atoms with E-state index < -0.39 is 0 Å². The number of hydrogen-bond acceptors (Lipinski definition) is 2. The third-order valence-corrected chi connectivity index (χ3v) is 2.51. The van der Waals surface area contributed by atoms with Crippen molar-refractivity contribution in [2.45, 2.75) is 26.7 Å². The van der Waals surface area contributed by atoms with E-state index in [9.17, 15) is 4.79 Å². The van der Waals surface area contributed by atoms with E-state index in [4.69, 9.17) is 0 Å². The quantitative estimate of drug-likeness (QED) is 0.771. The van der Waals surface area contributed by atoms with Crippen molar-refractivity contribution < 1.29 is 0 Å². The van der Waals surface area contributed by atoms with Crippen LogP contribution in [0.4, 0.5) is 0 Å². The first-order chi connectivity index (χ1) is 7.09. The molecule has 0 fully saturated rings. The topological polar surface area (TPSA) is 45.8 Å². The second kappa shape index (κ2) is 3.50. The number of fused-ring (bicyclic) bond motifs is 1. The van der Waals surface area contributed by atoms with Gasteiger partial charge in [0.2, 0.25) is 0 Å². The Kier molecular flexibility index (Phi) is 2.31. The van der Waals surface area contributed by atoms with Crippen molar-refractivity contribution in [1.29, 1.82) is 0 Å². The Labute approximate surface area is 88.2 Å². The molecule has 15 heavy (non-hydrogen) atoms. The standard InChI is InChI=1S/C12H14N2O/c1-7(2)11-13-9-6-4-5-8(3)10(9)12(15)14-11/h4-7H,1-3H3,(H,13,14,15). The predicted molar refractivity (Wildman–Crippen MR) is 61.2 cm³/mol. The molecule has 0 aliphatic rings. The fourth-order valence-electron chi connectivity index (χ4n) is 1.65. The molecule has 78 valence electrons. The summed E-state index contributed by atoms with van der Waals surface area (Å²) < 4.78 is 0. The first-order valence-electron chi connectivity index (χ1n) is 5.09. The van der Waals surface area contributed by atoms with Crippen molar-refractivity contribution in [3.63, 3.8) is 0 Å². The van der Waals surface area contributed by atoms with Crippen LogP contribution in [0.5, 0.6) is 0 Å². The minimum Gasteiger partial charge on any atom is -0.310 e. The van der Waals surface area contributed by atoms with Crippen molar-refractivity contribution in [3.8, 4) is 0 Å². The first kappa shape index (κ1) is 9.90. The maximum atomic E-state index is 11.8. The molecular formula is C12H14N2O. The number of nitrogens with zero attached hydrogens (tertiary/aromatic N) is 1. The fourth-order valence-corrected chi connectivity index (χ4v) is 1.65. The van der Waals surface area contributed by atoms with Gasteiger partial charge in [0.1, 0.15) is 5.82 Å². The molecule has 2 aromatic rings. The molecule has 3 nitrogen and oxygen atoms in total. The summed E-state index contributed by atoms with van der Waals surface area (Å²) in [5.74, 6) is 0.987. The zero-order chi connectivity index (χ0) is 11.0. The van der Waals surface area contributed by atoms with Gasteiger partial charge in [-0.05, 0) is 18.6 Å². The summed E-state index contributed by atoms with van der Waals surface area (Å²) in [7, 11) is 0. The Morgan fingerprint density at radius 1 is 1.33 bits per heavy atom. The highest BCUT2D eigenvalue weighted by molar-refractivity contribution is 5.80. The van der Waals surface area contributed by atoms with E-state index in [1.165, 1.54) is 0 Å². The minimum absolute atomic E-state index is 0.0400. The van der Waals surface area contributed by atoms with Crippen LogP contribution in [0.25, 0.3) is 10.9 Å². The van der Waals surface area contributed by atoms with E-state index in [1.807, 2.05) is 39.0 Å². The van der Waals surface area contributed by atoms with Crippen LogP contribution in [-0.2, 0) is 0 Å². The summed E-state index contributed by atoms with van der Waals surface area (Å²) in [6, 6.07) is 5.73. The average Bonchev–Trinajstić information content (AvgIpc) is 2.17. The average molecular weight is 202 g/mol. The van der Waals surface area contributed by atoms with Crippen LogP contribution in [0, 0.1) is 6.92 Å². The van der Waals surface area contributed by atoms with Gasteiger partial charge < -0.3 is 4.98 Å². The molecule has 0 unspecified atom stereocenters. The van der Waals surface area contributed by atoms with Crippen molar-refractivity contribution in [3.05, 3.63) is 39.9 Å². The molecule has 1 N–H and O–H groups in total. The zero-order valence-electron chi connectivity index (χ0n) is 9.16. The van der Waals surface area contributed by atoms with E-state index in [2.05, 4.69) is 9.97 Å². The number of H-pyrrole nitrogens is 1. The summed E-state index contributed by atoms with van der Waals surface area (Å²) in [5.41, 5.74) is 1.71. The Morgan fingerprint density at radius 2 is 2.07 bits per heavy atom. The van der Waals surface area contributed by atoms with Crippen LogP contribution < -0.4 is 5.56 Å². The van der Waals surface area contributed by atoms with Crippen molar-refractivity contribution >= 4 is 10.9 Å². The van der Waals surface area contributed by atoms with Crippen molar-refractivity contribution in [1.82, 2.24) is 9.97 Å². The van der Waals surface area contributed by atoms with E-state index in [-0.39, 0.29) is 11.5 Å². The fraction of sp³-hybridized carbons (Fsp3) is 0.333. The largest absolute Gasteiger partial charge is 0.310 e. The third-order valence-electron chi connectivity index (χ3n) is 2.51. The molecule has 0 aliphatic carbocycles. The lowest BCUT2D eigenvalue weighted by atomic mass is 10.1. The monoisotopic (exact) mass is 202 g/mol. The molecule has 1 aromatic carbocycles. The maximum absolute atomic E-state index is 11.8. The van der Waals surface area contributed by atoms with Crippen LogP contribution in [0.1, 0.15) is 31.2 Å². The van der Waals surface area contributed by atoms with Crippen molar-refractivity contribution in [2.24, 2.45) is 0 Å². The molecule has 0 bridgehead atoms. The highest BCUT2D eigenvalue weighted by Gasteiger charge is 2.07. The maximum Gasteiger partial charge on any atom is 0.259 e. The highest BCUT2D eigenvalue weighted by Crippen LogP contribution is 2.14. The highest BCUT2D eigenvalue weighted by atomic mass is 16.1. The molecule has 3 heteroatoms. The molecule has 1 heterocycles. The van der Waals surface area contributed by atoms with Crippen LogP contribution in [0.15, 0.2) is 23.0 Å². The molecule has 0 saturated carbocycles. The second-order valence-corrected chi connectivity index (χ2v) is 4.07. The lowest BCUT2D eigenvalue weighted by Gasteiger charge is -2.06. The number of nitrogens with one attached hydrogen (secondary N) is 1. The summed E-state index contributed by atoms with van der Waals surface area (Å²) in [5, 5.41) is 0.696. The van der Waals surface area contributed by atoms with E-state index in [0.29, 0.717) is 5.39 Å². The Morgan fingerprint density at radius 3 is 2.73 bits per heavy atom. The molecule has 0 amide bonds. The summed E-state index contributed by atoms with van der Waals surface area (Å²) in [6.07, 6.45) is 0. The molecule has 1 aromatic heterocycles. The number of aryl methyl sites for hydroxylation is 1. The Balaban J connectivity index is 2.85. The number of aromatic nitrogens is 2. The number of benzene rings is 1. The summed E-state index contributed by atoms with van der Waals surface area (Å²) >= 11 is 0. The lowest BCUT2D eigenvalue weighted by Crippen LogP contribution is -2.13. The SMILES string of the molecule is Cc1cccc2nc(C(C)C)[nH]c(=O)c12. The second-order valence-electron chi connectivity index (χ2n) is 4.07. The van der Waals surface area contributed by atoms with Crippen molar-refractivity contribution in [2.75, 3.05) is 0 Å². The van der Waals surface area contributed by atoms with Gasteiger partial charge in [0.15, 0.2) is 0 Å². The van der Waals surface area contributed by atoms with Gasteiger partial charge >= 0.3 is 0 Å². The molecule has 0 saturated heterocycles. The molecule has 0 atom stereocenters. The zero-order valence-corrected chi connectivity index (χ0v) is 9.16. The van der Waals surface area contributed by atoms with Gasteiger partial charge in [-0.2, -0.15) is 0 Å². The van der Waals surface area contributed by atoms with Gasteiger partial charge in [-0.3, -0.25) is 4.79 Å². The van der Waals surface area contributed by atoms with E-state index in [0.717, 1.165) is 16.9 Å². The summed E-state index contributed by atoms with van der Waals surface area (Å²) in [6.45, 7) is 5.95.